The molecule has 0 aromatic heterocycles. The molecule has 118 valence electrons. The van der Waals surface area contributed by atoms with Crippen molar-refractivity contribution >= 4 is 12.4 Å². The highest BCUT2D eigenvalue weighted by molar-refractivity contribution is 5.85. The van der Waals surface area contributed by atoms with E-state index < -0.39 is 17.3 Å². The number of aliphatic hydroxyl groups is 1. The van der Waals surface area contributed by atoms with Crippen LogP contribution < -0.4 is 0 Å². The Labute approximate surface area is 128 Å². The zero-order valence-corrected chi connectivity index (χ0v) is 12.4. The number of benzene rings is 1. The highest BCUT2D eigenvalue weighted by Crippen LogP contribution is 2.39. The maximum absolute atomic E-state index is 12.7. The minimum atomic E-state index is -4.36. The van der Waals surface area contributed by atoms with Crippen molar-refractivity contribution in [1.82, 2.24) is 4.90 Å². The lowest BCUT2D eigenvalue weighted by Crippen LogP contribution is -2.43. The van der Waals surface area contributed by atoms with E-state index in [-0.39, 0.29) is 12.4 Å². The summed E-state index contributed by atoms with van der Waals surface area (Å²) in [5.74, 6) is 0. The molecule has 0 unspecified atom stereocenters. The summed E-state index contributed by atoms with van der Waals surface area (Å²) in [7, 11) is 0. The molecule has 1 saturated heterocycles. The fourth-order valence-corrected chi connectivity index (χ4v) is 2.97. The number of hydrogen-bond acceptors (Lipinski definition) is 2. The molecular formula is C15H19ClF3NO. The number of likely N-dealkylation sites (tertiary alicyclic amines) is 1. The van der Waals surface area contributed by atoms with E-state index in [0.717, 1.165) is 25.2 Å². The second-order valence-electron chi connectivity index (χ2n) is 5.88. The second-order valence-corrected chi connectivity index (χ2v) is 5.88. The first kappa shape index (κ1) is 16.6. The molecule has 1 aliphatic heterocycles. The monoisotopic (exact) mass is 321 g/mol. The van der Waals surface area contributed by atoms with Crippen LogP contribution in [0.2, 0.25) is 0 Å². The Morgan fingerprint density at radius 3 is 2.29 bits per heavy atom. The van der Waals surface area contributed by atoms with Crippen LogP contribution in [-0.2, 0) is 11.8 Å². The third-order valence-electron chi connectivity index (χ3n) is 4.42. The maximum atomic E-state index is 12.7. The zero-order chi connectivity index (χ0) is 14.4. The summed E-state index contributed by atoms with van der Waals surface area (Å²) in [6, 6.07) is 5.76. The fraction of sp³-hybridized carbons (Fsp3) is 0.600. The Bertz CT molecular complexity index is 494. The van der Waals surface area contributed by atoms with Crippen LogP contribution in [0.15, 0.2) is 24.3 Å². The summed E-state index contributed by atoms with van der Waals surface area (Å²) < 4.78 is 38.2. The van der Waals surface area contributed by atoms with Crippen molar-refractivity contribution in [3.8, 4) is 0 Å². The Morgan fingerprint density at radius 2 is 1.76 bits per heavy atom. The molecule has 2 aliphatic rings. The Morgan fingerprint density at radius 1 is 1.14 bits per heavy atom. The van der Waals surface area contributed by atoms with Crippen LogP contribution in [0, 0.1) is 0 Å². The molecule has 1 N–H and O–H groups in total. The van der Waals surface area contributed by atoms with Gasteiger partial charge in [-0.3, -0.25) is 0 Å². The standard InChI is InChI=1S/C15H18F3NO.ClH/c16-15(17,18)12-3-1-2-11(10-12)14(20)6-8-19(9-7-14)13-4-5-13;/h1-3,10,13,20H,4-9H2;1H. The predicted molar refractivity (Wildman–Crippen MR) is 76.4 cm³/mol. The molecule has 1 aromatic carbocycles. The highest BCUT2D eigenvalue weighted by atomic mass is 35.5. The fourth-order valence-electron chi connectivity index (χ4n) is 2.97. The van der Waals surface area contributed by atoms with E-state index in [1.165, 1.54) is 18.9 Å². The third kappa shape index (κ3) is 3.52. The van der Waals surface area contributed by atoms with Crippen molar-refractivity contribution < 1.29 is 18.3 Å². The summed E-state index contributed by atoms with van der Waals surface area (Å²) in [6.07, 6.45) is -0.930. The van der Waals surface area contributed by atoms with Gasteiger partial charge < -0.3 is 10.0 Å². The average molecular weight is 322 g/mol. The summed E-state index contributed by atoms with van der Waals surface area (Å²) >= 11 is 0. The van der Waals surface area contributed by atoms with E-state index in [4.69, 9.17) is 0 Å². The molecule has 3 rings (SSSR count). The van der Waals surface area contributed by atoms with Gasteiger partial charge in [0.25, 0.3) is 0 Å². The molecule has 1 aromatic rings. The smallest absolute Gasteiger partial charge is 0.385 e. The van der Waals surface area contributed by atoms with Crippen molar-refractivity contribution in [2.24, 2.45) is 0 Å². The van der Waals surface area contributed by atoms with Crippen molar-refractivity contribution in [3.63, 3.8) is 0 Å². The molecule has 0 radical (unpaired) electrons. The first-order chi connectivity index (χ1) is 9.38. The van der Waals surface area contributed by atoms with Gasteiger partial charge in [-0.15, -0.1) is 12.4 Å². The molecule has 0 amide bonds. The molecule has 2 fully saturated rings. The van der Waals surface area contributed by atoms with Gasteiger partial charge in [0.2, 0.25) is 0 Å². The van der Waals surface area contributed by atoms with E-state index in [1.807, 2.05) is 0 Å². The van der Waals surface area contributed by atoms with Crippen LogP contribution in [-0.4, -0.2) is 29.1 Å². The van der Waals surface area contributed by atoms with Crippen LogP contribution in [0.4, 0.5) is 13.2 Å². The number of rotatable bonds is 2. The largest absolute Gasteiger partial charge is 0.416 e. The van der Waals surface area contributed by atoms with E-state index in [0.29, 0.717) is 24.4 Å². The average Bonchev–Trinajstić information content (AvgIpc) is 3.23. The minimum absolute atomic E-state index is 0. The van der Waals surface area contributed by atoms with Gasteiger partial charge in [0.05, 0.1) is 11.2 Å². The molecule has 2 nitrogen and oxygen atoms in total. The molecule has 1 heterocycles. The van der Waals surface area contributed by atoms with E-state index >= 15 is 0 Å². The first-order valence-corrected chi connectivity index (χ1v) is 7.03. The SMILES string of the molecule is Cl.OC1(c2cccc(C(F)(F)F)c2)CCN(C2CC2)CC1. The number of hydrogen-bond donors (Lipinski definition) is 1. The summed E-state index contributed by atoms with van der Waals surface area (Å²) in [4.78, 5) is 2.34. The summed E-state index contributed by atoms with van der Waals surface area (Å²) in [5, 5.41) is 10.7. The first-order valence-electron chi connectivity index (χ1n) is 7.03. The van der Waals surface area contributed by atoms with Gasteiger partial charge in [0.1, 0.15) is 0 Å². The molecular weight excluding hydrogens is 303 g/mol. The molecule has 0 bridgehead atoms. The Balaban J connectivity index is 0.00000161. The lowest BCUT2D eigenvalue weighted by molar-refractivity contribution is -0.137. The molecule has 21 heavy (non-hydrogen) atoms. The summed E-state index contributed by atoms with van der Waals surface area (Å²) in [6.45, 7) is 1.52. The predicted octanol–water partition coefficient (Wildman–Crippen LogP) is 3.57. The number of nitrogens with zero attached hydrogens (tertiary/aromatic N) is 1. The van der Waals surface area contributed by atoms with Crippen molar-refractivity contribution in [2.45, 2.75) is 43.5 Å². The molecule has 1 aliphatic carbocycles. The lowest BCUT2D eigenvalue weighted by atomic mass is 9.83. The molecule has 1 saturated carbocycles. The van der Waals surface area contributed by atoms with Crippen LogP contribution in [0.1, 0.15) is 36.8 Å². The maximum Gasteiger partial charge on any atom is 0.416 e. The van der Waals surface area contributed by atoms with E-state index in [9.17, 15) is 18.3 Å². The van der Waals surface area contributed by atoms with Crippen LogP contribution in [0.3, 0.4) is 0 Å². The van der Waals surface area contributed by atoms with Crippen molar-refractivity contribution in [1.29, 1.82) is 0 Å². The molecule has 0 atom stereocenters. The highest BCUT2D eigenvalue weighted by Gasteiger charge is 2.40. The second kappa shape index (κ2) is 5.78. The normalized spacial score (nSPS) is 22.7. The van der Waals surface area contributed by atoms with Gasteiger partial charge in [-0.25, -0.2) is 0 Å². The quantitative estimate of drug-likeness (QED) is 0.900. The van der Waals surface area contributed by atoms with Gasteiger partial charge >= 0.3 is 6.18 Å². The topological polar surface area (TPSA) is 23.5 Å². The van der Waals surface area contributed by atoms with E-state index in [1.54, 1.807) is 6.07 Å². The van der Waals surface area contributed by atoms with Crippen molar-refractivity contribution in [3.05, 3.63) is 35.4 Å². The molecule has 6 heteroatoms. The zero-order valence-electron chi connectivity index (χ0n) is 11.6. The third-order valence-corrected chi connectivity index (χ3v) is 4.42. The van der Waals surface area contributed by atoms with Crippen LogP contribution in [0.5, 0.6) is 0 Å². The van der Waals surface area contributed by atoms with Crippen molar-refractivity contribution in [2.75, 3.05) is 13.1 Å². The molecule has 0 spiro atoms. The van der Waals surface area contributed by atoms with E-state index in [2.05, 4.69) is 4.90 Å². The number of halogens is 4. The van der Waals surface area contributed by atoms with Gasteiger partial charge in [-0.1, -0.05) is 12.1 Å². The minimum Gasteiger partial charge on any atom is -0.385 e. The van der Waals surface area contributed by atoms with Crippen LogP contribution >= 0.6 is 12.4 Å². The van der Waals surface area contributed by atoms with Gasteiger partial charge in [-0.05, 0) is 43.4 Å². The van der Waals surface area contributed by atoms with Crippen LogP contribution in [0.25, 0.3) is 0 Å². The Kier molecular flexibility index (Phi) is 4.57. The van der Waals surface area contributed by atoms with Gasteiger partial charge in [0, 0.05) is 19.1 Å². The van der Waals surface area contributed by atoms with Gasteiger partial charge in [0.15, 0.2) is 0 Å². The number of piperidine rings is 1. The lowest BCUT2D eigenvalue weighted by Gasteiger charge is -2.38. The summed E-state index contributed by atoms with van der Waals surface area (Å²) in [5.41, 5.74) is -1.41. The number of alkyl halides is 3. The Hall–Kier alpha value is -0.780. The van der Waals surface area contributed by atoms with Gasteiger partial charge in [-0.2, -0.15) is 13.2 Å².